The van der Waals surface area contributed by atoms with E-state index in [9.17, 15) is 97.5 Å². The Morgan fingerprint density at radius 1 is 0.290 bits per heavy atom. The fourth-order valence-corrected chi connectivity index (χ4v) is 11.6. The predicted octanol–water partition coefficient (Wildman–Crippen LogP) is 22.9. The van der Waals surface area contributed by atoms with Gasteiger partial charge in [-0.1, -0.05) is 54.6 Å². The van der Waals surface area contributed by atoms with Crippen LogP contribution in [-0.4, -0.2) is 14.1 Å². The molecule has 0 saturated heterocycles. The largest absolute Gasteiger partial charge is 0.416 e. The van der Waals surface area contributed by atoms with Gasteiger partial charge in [0.2, 0.25) is 0 Å². The number of aryl methyl sites for hydroxylation is 1. The molecule has 12 rings (SSSR count). The zero-order valence-corrected chi connectivity index (χ0v) is 46.5. The van der Waals surface area contributed by atoms with Crippen LogP contribution in [0.3, 0.4) is 0 Å². The smallest absolute Gasteiger partial charge is 0.308 e. The summed E-state index contributed by atoms with van der Waals surface area (Å²) in [4.78, 5) is 4.12. The lowest BCUT2D eigenvalue weighted by atomic mass is 9.97. The van der Waals surface area contributed by atoms with Crippen molar-refractivity contribution in [1.29, 1.82) is 5.26 Å². The lowest BCUT2D eigenvalue weighted by Crippen LogP contribution is -2.11. The molecule has 93 heavy (non-hydrogen) atoms. The molecule has 25 heteroatoms. The maximum absolute atomic E-state index is 14.5. The molecular formula is C68H33F21N4. The van der Waals surface area contributed by atoms with Crippen molar-refractivity contribution in [3.05, 3.63) is 232 Å². The molecule has 0 amide bonds. The molecule has 0 saturated carbocycles. The third kappa shape index (κ3) is 11.8. The predicted molar refractivity (Wildman–Crippen MR) is 305 cm³/mol. The van der Waals surface area contributed by atoms with Gasteiger partial charge in [-0.2, -0.15) is 97.5 Å². The summed E-state index contributed by atoms with van der Waals surface area (Å²) in [6, 6.07) is 28.0. The maximum atomic E-state index is 14.5. The molecule has 0 bridgehead atoms. The molecule has 4 nitrogen and oxygen atoms in total. The minimum absolute atomic E-state index is 0.00525. The van der Waals surface area contributed by atoms with Gasteiger partial charge in [0.25, 0.3) is 0 Å². The number of pyridine rings is 1. The van der Waals surface area contributed by atoms with Gasteiger partial charge in [-0.15, -0.1) is 0 Å². The standard InChI is InChI=1S/C68H33F21N4/c1-33-14-40(18-44(15-33)62(69,70)71)36-2-6-51-52-7-3-37(41-19-45(63(72,73)74)29-46(20-41)64(75,76)77)26-56(52)92(55(51)25-36)59-16-34(32-90)17-60(61(59)35-10-12-91-13-11-35)93-57-27-38(42-21-47(65(78,79)80)30-48(22-42)66(81,82)83)4-8-53(57)54-9-5-39(28-58(54)93)43-23-49(67(84,85)86)31-50(24-43)68(87,88)89/h2-31H,1H3. The second-order valence-electron chi connectivity index (χ2n) is 21.8. The third-order valence-electron chi connectivity index (χ3n) is 15.7. The van der Waals surface area contributed by atoms with Crippen LogP contribution in [-0.2, 0) is 43.2 Å². The van der Waals surface area contributed by atoms with Gasteiger partial charge < -0.3 is 9.13 Å². The van der Waals surface area contributed by atoms with Gasteiger partial charge in [0, 0.05) is 39.5 Å². The molecule has 3 heterocycles. The van der Waals surface area contributed by atoms with Crippen LogP contribution in [0.25, 0.3) is 111 Å². The van der Waals surface area contributed by atoms with E-state index < -0.39 is 98.9 Å². The lowest BCUT2D eigenvalue weighted by molar-refractivity contribution is -0.144. The summed E-state index contributed by atoms with van der Waals surface area (Å²) in [5.74, 6) is 0. The van der Waals surface area contributed by atoms with E-state index in [0.29, 0.717) is 36.4 Å². The normalized spacial score (nSPS) is 13.0. The molecule has 0 radical (unpaired) electrons. The fraction of sp³-hybridized carbons (Fsp3) is 0.118. The highest BCUT2D eigenvalue weighted by atomic mass is 19.4. The van der Waals surface area contributed by atoms with Crippen molar-refractivity contribution in [2.75, 3.05) is 0 Å². The molecule has 9 aromatic carbocycles. The Labute approximate surface area is 509 Å². The summed E-state index contributed by atoms with van der Waals surface area (Å²) in [6.45, 7) is 1.39. The fourth-order valence-electron chi connectivity index (χ4n) is 11.6. The van der Waals surface area contributed by atoms with Crippen molar-refractivity contribution in [2.45, 2.75) is 50.2 Å². The molecule has 3 aromatic heterocycles. The number of fused-ring (bicyclic) bond motifs is 6. The van der Waals surface area contributed by atoms with E-state index in [-0.39, 0.29) is 123 Å². The Kier molecular flexibility index (Phi) is 14.7. The summed E-state index contributed by atoms with van der Waals surface area (Å²) >= 11 is 0. The molecular weight excluding hydrogens is 1270 g/mol. The average Bonchev–Trinajstić information content (AvgIpc) is 1.59. The van der Waals surface area contributed by atoms with E-state index in [1.54, 1.807) is 0 Å². The van der Waals surface area contributed by atoms with Crippen LogP contribution in [0.2, 0.25) is 0 Å². The van der Waals surface area contributed by atoms with Gasteiger partial charge in [0.1, 0.15) is 0 Å². The number of rotatable bonds is 7. The lowest BCUT2D eigenvalue weighted by Gasteiger charge is -2.21. The van der Waals surface area contributed by atoms with Crippen molar-refractivity contribution in [1.82, 2.24) is 14.1 Å². The zero-order valence-electron chi connectivity index (χ0n) is 46.5. The van der Waals surface area contributed by atoms with Crippen LogP contribution in [0.4, 0.5) is 92.2 Å². The molecule has 12 aromatic rings. The zero-order chi connectivity index (χ0) is 67.0. The second-order valence-corrected chi connectivity index (χ2v) is 21.8. The van der Waals surface area contributed by atoms with Crippen LogP contribution in [0.5, 0.6) is 0 Å². The molecule has 0 aliphatic carbocycles. The van der Waals surface area contributed by atoms with Gasteiger partial charge in [-0.05, 0) is 178 Å². The third-order valence-corrected chi connectivity index (χ3v) is 15.7. The Hall–Kier alpha value is -10.3. The van der Waals surface area contributed by atoms with Crippen LogP contribution in [0.1, 0.15) is 50.1 Å². The first-order valence-electron chi connectivity index (χ1n) is 27.1. The van der Waals surface area contributed by atoms with Crippen molar-refractivity contribution in [3.8, 4) is 73.1 Å². The maximum Gasteiger partial charge on any atom is 0.416 e. The van der Waals surface area contributed by atoms with Crippen LogP contribution < -0.4 is 0 Å². The SMILES string of the molecule is Cc1cc(-c2ccc3c4ccc(-c5cc(C(F)(F)F)cc(C(F)(F)F)c5)cc4n(-c4cc(C#N)cc(-n5c6cc(-c7cc(C(F)(F)F)cc(C(F)(F)F)c7)ccc6c6ccc(-c7cc(C(F)(F)F)cc(C(F)(F)F)c7)cc65)c4-c4ccncc4)c3c2)cc(C(F)(F)F)c1. The summed E-state index contributed by atoms with van der Waals surface area (Å²) in [5.41, 5.74) is -14.8. The highest BCUT2D eigenvalue weighted by Gasteiger charge is 2.41. The van der Waals surface area contributed by atoms with Crippen LogP contribution >= 0.6 is 0 Å². The summed E-state index contributed by atoms with van der Waals surface area (Å²) in [5, 5.41) is 11.7. The van der Waals surface area contributed by atoms with Gasteiger partial charge >= 0.3 is 43.2 Å². The van der Waals surface area contributed by atoms with Gasteiger partial charge in [0.05, 0.1) is 84.0 Å². The molecule has 0 unspecified atom stereocenters. The van der Waals surface area contributed by atoms with E-state index in [1.807, 2.05) is 6.07 Å². The summed E-state index contributed by atoms with van der Waals surface area (Å²) < 4.78 is 307. The van der Waals surface area contributed by atoms with Gasteiger partial charge in [-0.25, -0.2) is 0 Å². The summed E-state index contributed by atoms with van der Waals surface area (Å²) in [7, 11) is 0. The highest BCUT2D eigenvalue weighted by Crippen LogP contribution is 2.49. The van der Waals surface area contributed by atoms with E-state index >= 15 is 0 Å². The molecule has 0 aliphatic heterocycles. The first kappa shape index (κ1) is 62.9. The monoisotopic (exact) mass is 1300 g/mol. The minimum Gasteiger partial charge on any atom is -0.308 e. The van der Waals surface area contributed by atoms with Gasteiger partial charge in [0.15, 0.2) is 0 Å². The first-order chi connectivity index (χ1) is 43.3. The molecule has 0 N–H and O–H groups in total. The minimum atomic E-state index is -5.35. The van der Waals surface area contributed by atoms with Crippen molar-refractivity contribution in [3.63, 3.8) is 0 Å². The number of halogens is 21. The van der Waals surface area contributed by atoms with E-state index in [0.717, 1.165) is 36.4 Å². The Morgan fingerprint density at radius 3 is 0.806 bits per heavy atom. The van der Waals surface area contributed by atoms with Crippen LogP contribution in [0, 0.1) is 18.3 Å². The number of alkyl halides is 21. The van der Waals surface area contributed by atoms with Crippen molar-refractivity contribution >= 4 is 43.6 Å². The Balaban J connectivity index is 1.25. The van der Waals surface area contributed by atoms with Crippen molar-refractivity contribution in [2.24, 2.45) is 0 Å². The molecule has 0 fully saturated rings. The Morgan fingerprint density at radius 2 is 0.548 bits per heavy atom. The number of hydrogen-bond acceptors (Lipinski definition) is 2. The van der Waals surface area contributed by atoms with E-state index in [1.165, 1.54) is 107 Å². The number of nitriles is 1. The quantitative estimate of drug-likeness (QED) is 0.149. The van der Waals surface area contributed by atoms with Crippen LogP contribution in [0.15, 0.2) is 182 Å². The number of aromatic nitrogens is 3. The average molecular weight is 1300 g/mol. The number of nitrogens with zero attached hydrogens (tertiary/aromatic N) is 4. The molecule has 0 atom stereocenters. The highest BCUT2D eigenvalue weighted by molar-refractivity contribution is 6.14. The Bertz CT molecular complexity index is 4840. The second kappa shape index (κ2) is 21.7. The van der Waals surface area contributed by atoms with E-state index in [2.05, 4.69) is 4.98 Å². The topological polar surface area (TPSA) is 46.5 Å². The molecule has 0 spiro atoms. The number of hydrogen-bond donors (Lipinski definition) is 0. The van der Waals surface area contributed by atoms with Gasteiger partial charge in [-0.3, -0.25) is 4.98 Å². The molecule has 0 aliphatic rings. The first-order valence-corrected chi connectivity index (χ1v) is 27.1. The van der Waals surface area contributed by atoms with Crippen molar-refractivity contribution < 1.29 is 92.2 Å². The van der Waals surface area contributed by atoms with E-state index in [4.69, 9.17) is 0 Å². The molecule has 472 valence electrons. The summed E-state index contributed by atoms with van der Waals surface area (Å²) in [6.07, 6.45) is -34.4. The number of benzene rings is 9.